The first kappa shape index (κ1) is 9.56. The Morgan fingerprint density at radius 3 is 2.79 bits per heavy atom. The van der Waals surface area contributed by atoms with E-state index in [-0.39, 0.29) is 5.91 Å². The Kier molecular flexibility index (Phi) is 2.75. The van der Waals surface area contributed by atoms with Crippen LogP contribution in [-0.4, -0.2) is 30.4 Å². The molecule has 0 aliphatic carbocycles. The predicted octanol–water partition coefficient (Wildman–Crippen LogP) is 1.12. The summed E-state index contributed by atoms with van der Waals surface area (Å²) in [5, 5.41) is 2.82. The quantitative estimate of drug-likeness (QED) is 0.678. The molecule has 0 radical (unpaired) electrons. The smallest absolute Gasteiger partial charge is 0.245 e. The van der Waals surface area contributed by atoms with Gasteiger partial charge >= 0.3 is 0 Å². The van der Waals surface area contributed by atoms with Crippen LogP contribution < -0.4 is 5.32 Å². The van der Waals surface area contributed by atoms with Crippen LogP contribution in [0.2, 0.25) is 0 Å². The van der Waals surface area contributed by atoms with Gasteiger partial charge in [0.15, 0.2) is 0 Å². The van der Waals surface area contributed by atoms with E-state index in [9.17, 15) is 4.79 Å². The van der Waals surface area contributed by atoms with Gasteiger partial charge in [0, 0.05) is 37.8 Å². The van der Waals surface area contributed by atoms with Gasteiger partial charge in [-0.3, -0.25) is 4.79 Å². The lowest BCUT2D eigenvalue weighted by Crippen LogP contribution is -2.37. The zero-order valence-electron chi connectivity index (χ0n) is 8.75. The van der Waals surface area contributed by atoms with Gasteiger partial charge in [0.25, 0.3) is 0 Å². The zero-order chi connectivity index (χ0) is 9.97. The maximum Gasteiger partial charge on any atom is 0.245 e. The number of carbonyl (C=O) groups is 1. The van der Waals surface area contributed by atoms with E-state index in [1.165, 1.54) is 18.5 Å². The van der Waals surface area contributed by atoms with Crippen LogP contribution in [0.4, 0.5) is 0 Å². The Labute approximate surface area is 85.2 Å². The molecule has 1 fully saturated rings. The summed E-state index contributed by atoms with van der Waals surface area (Å²) >= 11 is 0. The molecule has 0 aromatic carbocycles. The second-order valence-corrected chi connectivity index (χ2v) is 4.35. The van der Waals surface area contributed by atoms with Gasteiger partial charge in [0.05, 0.1) is 0 Å². The molecule has 3 nitrogen and oxygen atoms in total. The van der Waals surface area contributed by atoms with Crippen molar-refractivity contribution in [3.8, 4) is 0 Å². The average Bonchev–Trinajstić information content (AvgIpc) is 2.19. The molecule has 0 bridgehead atoms. The summed E-state index contributed by atoms with van der Waals surface area (Å²) < 4.78 is 0. The number of piperidine rings is 1. The van der Waals surface area contributed by atoms with E-state index in [1.807, 2.05) is 0 Å². The Bertz CT molecular complexity index is 252. The molecule has 2 aliphatic rings. The number of likely N-dealkylation sites (tertiary alicyclic amines) is 1. The van der Waals surface area contributed by atoms with E-state index in [1.54, 1.807) is 6.08 Å². The van der Waals surface area contributed by atoms with Gasteiger partial charge in [0.2, 0.25) is 5.91 Å². The highest BCUT2D eigenvalue weighted by Gasteiger charge is 2.20. The molecule has 2 aliphatic heterocycles. The molecule has 0 atom stereocenters. The molecule has 0 spiro atoms. The number of hydrogen-bond acceptors (Lipinski definition) is 2. The summed E-state index contributed by atoms with van der Waals surface area (Å²) in [5.41, 5.74) is 1.24. The normalized spacial score (nSPS) is 24.5. The highest BCUT2D eigenvalue weighted by molar-refractivity contribution is 5.88. The largest absolute Gasteiger partial charge is 0.375 e. The van der Waals surface area contributed by atoms with Crippen LogP contribution in [0, 0.1) is 5.92 Å². The van der Waals surface area contributed by atoms with Crippen LogP contribution in [-0.2, 0) is 4.79 Å². The van der Waals surface area contributed by atoms with Gasteiger partial charge < -0.3 is 10.2 Å². The van der Waals surface area contributed by atoms with Crippen LogP contribution >= 0.6 is 0 Å². The van der Waals surface area contributed by atoms with Crippen molar-refractivity contribution in [2.24, 2.45) is 5.92 Å². The van der Waals surface area contributed by atoms with E-state index >= 15 is 0 Å². The fourth-order valence-corrected chi connectivity index (χ4v) is 2.13. The van der Waals surface area contributed by atoms with Gasteiger partial charge in [-0.25, -0.2) is 0 Å². The van der Waals surface area contributed by atoms with Crippen LogP contribution in [0.25, 0.3) is 0 Å². The molecule has 0 unspecified atom stereocenters. The van der Waals surface area contributed by atoms with Gasteiger partial charge in [-0.1, -0.05) is 6.92 Å². The molecule has 14 heavy (non-hydrogen) atoms. The van der Waals surface area contributed by atoms with Gasteiger partial charge in [-0.15, -0.1) is 0 Å². The summed E-state index contributed by atoms with van der Waals surface area (Å²) in [4.78, 5) is 13.5. The van der Waals surface area contributed by atoms with Crippen molar-refractivity contribution in [1.29, 1.82) is 0 Å². The Morgan fingerprint density at radius 2 is 2.14 bits per heavy atom. The van der Waals surface area contributed by atoms with Crippen LogP contribution in [0.3, 0.4) is 0 Å². The van der Waals surface area contributed by atoms with E-state index in [2.05, 4.69) is 17.1 Å². The van der Waals surface area contributed by atoms with Crippen molar-refractivity contribution in [3.63, 3.8) is 0 Å². The number of amides is 1. The molecule has 78 valence electrons. The molecular formula is C11H18N2O. The standard InChI is InChI=1S/C11H18N2O/c1-9-3-6-13(7-4-9)10-2-5-12-11(14)8-10/h8-9H,2-7H2,1H3,(H,12,14). The minimum absolute atomic E-state index is 0.0740. The Morgan fingerprint density at radius 1 is 1.43 bits per heavy atom. The van der Waals surface area contributed by atoms with E-state index < -0.39 is 0 Å². The fourth-order valence-electron chi connectivity index (χ4n) is 2.13. The van der Waals surface area contributed by atoms with Crippen molar-refractivity contribution in [1.82, 2.24) is 10.2 Å². The number of nitrogens with zero attached hydrogens (tertiary/aromatic N) is 1. The number of hydrogen-bond donors (Lipinski definition) is 1. The zero-order valence-corrected chi connectivity index (χ0v) is 8.75. The molecule has 1 amide bonds. The first-order valence-corrected chi connectivity index (χ1v) is 5.49. The molecule has 0 saturated carbocycles. The molecule has 1 saturated heterocycles. The first-order valence-electron chi connectivity index (χ1n) is 5.49. The molecule has 3 heteroatoms. The fraction of sp³-hybridized carbons (Fsp3) is 0.727. The third-order valence-corrected chi connectivity index (χ3v) is 3.17. The molecule has 0 aromatic heterocycles. The second kappa shape index (κ2) is 4.03. The lowest BCUT2D eigenvalue weighted by molar-refractivity contribution is -0.117. The summed E-state index contributed by atoms with van der Waals surface area (Å²) in [5.74, 6) is 0.925. The maximum absolute atomic E-state index is 11.2. The minimum atomic E-state index is 0.0740. The van der Waals surface area contributed by atoms with Crippen molar-refractivity contribution in [2.75, 3.05) is 19.6 Å². The van der Waals surface area contributed by atoms with E-state index in [0.29, 0.717) is 0 Å². The molecular weight excluding hydrogens is 176 g/mol. The SMILES string of the molecule is CC1CCN(C2=CC(=O)NCC2)CC1. The average molecular weight is 194 g/mol. The van der Waals surface area contributed by atoms with Gasteiger partial charge in [-0.2, -0.15) is 0 Å². The first-order chi connectivity index (χ1) is 6.75. The van der Waals surface area contributed by atoms with Crippen LogP contribution in [0.5, 0.6) is 0 Å². The summed E-state index contributed by atoms with van der Waals surface area (Å²) in [6.45, 7) is 5.36. The third-order valence-electron chi connectivity index (χ3n) is 3.17. The van der Waals surface area contributed by atoms with Gasteiger partial charge in [-0.05, 0) is 18.8 Å². The van der Waals surface area contributed by atoms with Crippen molar-refractivity contribution in [3.05, 3.63) is 11.8 Å². The Balaban J connectivity index is 1.97. The topological polar surface area (TPSA) is 32.3 Å². The van der Waals surface area contributed by atoms with Crippen LogP contribution in [0.1, 0.15) is 26.2 Å². The van der Waals surface area contributed by atoms with E-state index in [4.69, 9.17) is 0 Å². The van der Waals surface area contributed by atoms with Crippen molar-refractivity contribution in [2.45, 2.75) is 26.2 Å². The van der Waals surface area contributed by atoms with E-state index in [0.717, 1.165) is 32.0 Å². The molecule has 1 N–H and O–H groups in total. The molecule has 2 rings (SSSR count). The lowest BCUT2D eigenvalue weighted by atomic mass is 9.98. The molecule has 0 aromatic rings. The highest BCUT2D eigenvalue weighted by atomic mass is 16.1. The minimum Gasteiger partial charge on any atom is -0.375 e. The highest BCUT2D eigenvalue weighted by Crippen LogP contribution is 2.21. The molecule has 2 heterocycles. The Hall–Kier alpha value is -0.990. The van der Waals surface area contributed by atoms with Crippen molar-refractivity contribution >= 4 is 5.91 Å². The maximum atomic E-state index is 11.2. The second-order valence-electron chi connectivity index (χ2n) is 4.35. The predicted molar refractivity (Wildman–Crippen MR) is 55.7 cm³/mol. The van der Waals surface area contributed by atoms with Crippen molar-refractivity contribution < 1.29 is 4.79 Å². The summed E-state index contributed by atoms with van der Waals surface area (Å²) in [6, 6.07) is 0. The summed E-state index contributed by atoms with van der Waals surface area (Å²) in [6.07, 6.45) is 5.29. The van der Waals surface area contributed by atoms with Gasteiger partial charge in [0.1, 0.15) is 0 Å². The number of nitrogens with one attached hydrogen (secondary N) is 1. The summed E-state index contributed by atoms with van der Waals surface area (Å²) in [7, 11) is 0. The number of rotatable bonds is 1. The number of carbonyl (C=O) groups excluding carboxylic acids is 1. The third kappa shape index (κ3) is 2.08. The van der Waals surface area contributed by atoms with Crippen LogP contribution in [0.15, 0.2) is 11.8 Å². The lowest BCUT2D eigenvalue weighted by Gasteiger charge is -2.35. The monoisotopic (exact) mass is 194 g/mol.